The summed E-state index contributed by atoms with van der Waals surface area (Å²) in [6, 6.07) is 13.7. The standard InChI is InChI=1S/C16H14N2O/c1-2-5-14(6-3-1)19-16-15(7-4-10-18-16)13-8-11-17-12-9-13/h1-8,10,12H,9,11H2. The van der Waals surface area contributed by atoms with Crippen molar-refractivity contribution in [3.8, 4) is 11.6 Å². The monoisotopic (exact) mass is 250 g/mol. The minimum absolute atomic E-state index is 0.648. The van der Waals surface area contributed by atoms with Crippen LogP contribution in [0.15, 0.2) is 59.7 Å². The molecule has 2 aromatic rings. The molecule has 0 bridgehead atoms. The maximum atomic E-state index is 5.87. The first-order valence-corrected chi connectivity index (χ1v) is 6.29. The van der Waals surface area contributed by atoms with E-state index < -0.39 is 0 Å². The zero-order valence-corrected chi connectivity index (χ0v) is 10.5. The Morgan fingerprint density at radius 1 is 1.00 bits per heavy atom. The zero-order valence-electron chi connectivity index (χ0n) is 10.5. The third-order valence-electron chi connectivity index (χ3n) is 2.96. The van der Waals surface area contributed by atoms with Crippen molar-refractivity contribution in [2.45, 2.75) is 6.42 Å². The van der Waals surface area contributed by atoms with Crippen LogP contribution in [-0.4, -0.2) is 17.7 Å². The molecular formula is C16H14N2O. The second-order valence-electron chi connectivity index (χ2n) is 4.25. The number of ether oxygens (including phenoxy) is 1. The Hall–Kier alpha value is -2.42. The number of pyridine rings is 1. The fourth-order valence-electron chi connectivity index (χ4n) is 2.02. The average molecular weight is 250 g/mol. The van der Waals surface area contributed by atoms with Crippen molar-refractivity contribution in [3.05, 3.63) is 60.3 Å². The van der Waals surface area contributed by atoms with E-state index in [0.29, 0.717) is 5.88 Å². The molecule has 0 unspecified atom stereocenters. The molecule has 0 saturated carbocycles. The van der Waals surface area contributed by atoms with E-state index in [-0.39, 0.29) is 0 Å². The molecule has 0 spiro atoms. The summed E-state index contributed by atoms with van der Waals surface area (Å²) in [5.41, 5.74) is 2.26. The molecule has 0 atom stereocenters. The fraction of sp³-hybridized carbons (Fsp3) is 0.125. The summed E-state index contributed by atoms with van der Waals surface area (Å²) in [6.07, 6.45) is 6.64. The fourth-order valence-corrected chi connectivity index (χ4v) is 2.02. The summed E-state index contributed by atoms with van der Waals surface area (Å²) in [6.45, 7) is 0.731. The lowest BCUT2D eigenvalue weighted by Gasteiger charge is -2.13. The van der Waals surface area contributed by atoms with E-state index in [9.17, 15) is 0 Å². The van der Waals surface area contributed by atoms with Gasteiger partial charge in [-0.15, -0.1) is 0 Å². The van der Waals surface area contributed by atoms with Crippen molar-refractivity contribution < 1.29 is 4.74 Å². The van der Waals surface area contributed by atoms with Crippen LogP contribution in [-0.2, 0) is 0 Å². The Morgan fingerprint density at radius 3 is 2.68 bits per heavy atom. The van der Waals surface area contributed by atoms with Crippen molar-refractivity contribution in [2.75, 3.05) is 6.54 Å². The van der Waals surface area contributed by atoms with Gasteiger partial charge in [-0.1, -0.05) is 24.3 Å². The van der Waals surface area contributed by atoms with Crippen molar-refractivity contribution in [1.29, 1.82) is 0 Å². The van der Waals surface area contributed by atoms with Crippen LogP contribution in [0.2, 0.25) is 0 Å². The van der Waals surface area contributed by atoms with E-state index in [2.05, 4.69) is 16.1 Å². The minimum Gasteiger partial charge on any atom is -0.438 e. The molecule has 0 amide bonds. The number of hydrogen-bond acceptors (Lipinski definition) is 3. The van der Waals surface area contributed by atoms with Crippen molar-refractivity contribution in [3.63, 3.8) is 0 Å². The van der Waals surface area contributed by atoms with Crippen LogP contribution in [0.25, 0.3) is 5.57 Å². The van der Waals surface area contributed by atoms with Gasteiger partial charge in [0.15, 0.2) is 0 Å². The van der Waals surface area contributed by atoms with Gasteiger partial charge < -0.3 is 4.74 Å². The molecule has 94 valence electrons. The SMILES string of the molecule is C1=NCC=C(c2cccnc2Oc2ccccc2)C1. The molecule has 1 aliphatic heterocycles. The van der Waals surface area contributed by atoms with Gasteiger partial charge in [0, 0.05) is 24.4 Å². The lowest BCUT2D eigenvalue weighted by molar-refractivity contribution is 0.461. The quantitative estimate of drug-likeness (QED) is 0.831. The van der Waals surface area contributed by atoms with E-state index in [1.54, 1.807) is 6.20 Å². The molecule has 1 aromatic heterocycles. The number of hydrogen-bond donors (Lipinski definition) is 0. The van der Waals surface area contributed by atoms with Crippen molar-refractivity contribution >= 4 is 11.8 Å². The number of benzene rings is 1. The van der Waals surface area contributed by atoms with Crippen LogP contribution in [0.4, 0.5) is 0 Å². The summed E-state index contributed by atoms with van der Waals surface area (Å²) >= 11 is 0. The number of para-hydroxylation sites is 1. The van der Waals surface area contributed by atoms with E-state index in [1.165, 1.54) is 5.57 Å². The predicted molar refractivity (Wildman–Crippen MR) is 76.7 cm³/mol. The predicted octanol–water partition coefficient (Wildman–Crippen LogP) is 3.73. The van der Waals surface area contributed by atoms with Crippen LogP contribution in [0, 0.1) is 0 Å². The van der Waals surface area contributed by atoms with Crippen LogP contribution in [0.5, 0.6) is 11.6 Å². The molecule has 1 aliphatic rings. The molecule has 3 nitrogen and oxygen atoms in total. The summed E-state index contributed by atoms with van der Waals surface area (Å²) in [4.78, 5) is 8.55. The Morgan fingerprint density at radius 2 is 1.89 bits per heavy atom. The lowest BCUT2D eigenvalue weighted by atomic mass is 10.0. The van der Waals surface area contributed by atoms with Crippen molar-refractivity contribution in [2.24, 2.45) is 4.99 Å². The first-order valence-electron chi connectivity index (χ1n) is 6.29. The Kier molecular flexibility index (Phi) is 3.36. The molecular weight excluding hydrogens is 236 g/mol. The highest BCUT2D eigenvalue weighted by Crippen LogP contribution is 2.30. The number of rotatable bonds is 3. The maximum absolute atomic E-state index is 5.87. The molecule has 0 aliphatic carbocycles. The second kappa shape index (κ2) is 5.48. The molecule has 0 N–H and O–H groups in total. The topological polar surface area (TPSA) is 34.5 Å². The van der Waals surface area contributed by atoms with Gasteiger partial charge in [0.1, 0.15) is 5.75 Å². The Labute approximate surface area is 112 Å². The van der Waals surface area contributed by atoms with Crippen LogP contribution >= 0.6 is 0 Å². The molecule has 0 saturated heterocycles. The number of nitrogens with zero attached hydrogens (tertiary/aromatic N) is 2. The number of dihydropyridines is 1. The third-order valence-corrected chi connectivity index (χ3v) is 2.96. The van der Waals surface area contributed by atoms with Gasteiger partial charge in [-0.25, -0.2) is 4.98 Å². The number of aliphatic imine (C=N–C) groups is 1. The van der Waals surface area contributed by atoms with Gasteiger partial charge in [-0.2, -0.15) is 0 Å². The number of allylic oxidation sites excluding steroid dienone is 1. The molecule has 19 heavy (non-hydrogen) atoms. The van der Waals surface area contributed by atoms with Gasteiger partial charge in [0.2, 0.25) is 5.88 Å². The largest absolute Gasteiger partial charge is 0.438 e. The zero-order chi connectivity index (χ0) is 12.9. The van der Waals surface area contributed by atoms with Gasteiger partial charge in [0.25, 0.3) is 0 Å². The van der Waals surface area contributed by atoms with Gasteiger partial charge in [-0.05, 0) is 29.8 Å². The summed E-state index contributed by atoms with van der Waals surface area (Å²) < 4.78 is 5.87. The van der Waals surface area contributed by atoms with Crippen LogP contribution < -0.4 is 4.74 Å². The third kappa shape index (κ3) is 2.71. The summed E-state index contributed by atoms with van der Waals surface area (Å²) in [5.74, 6) is 1.45. The smallest absolute Gasteiger partial charge is 0.226 e. The summed E-state index contributed by atoms with van der Waals surface area (Å²) in [5, 5.41) is 0. The Bertz CT molecular complexity index is 618. The van der Waals surface area contributed by atoms with E-state index in [0.717, 1.165) is 24.3 Å². The molecule has 3 rings (SSSR count). The second-order valence-corrected chi connectivity index (χ2v) is 4.25. The maximum Gasteiger partial charge on any atom is 0.226 e. The van der Waals surface area contributed by atoms with Crippen molar-refractivity contribution in [1.82, 2.24) is 4.98 Å². The molecule has 0 radical (unpaired) electrons. The van der Waals surface area contributed by atoms with E-state index >= 15 is 0 Å². The normalized spacial score (nSPS) is 14.0. The molecule has 0 fully saturated rings. The average Bonchev–Trinajstić information content (AvgIpc) is 2.50. The minimum atomic E-state index is 0.648. The van der Waals surface area contributed by atoms with Gasteiger partial charge >= 0.3 is 0 Å². The molecule has 3 heteroatoms. The summed E-state index contributed by atoms with van der Waals surface area (Å²) in [7, 11) is 0. The van der Waals surface area contributed by atoms with Gasteiger partial charge in [0.05, 0.1) is 6.54 Å². The highest BCUT2D eigenvalue weighted by molar-refractivity contribution is 5.83. The first-order chi connectivity index (χ1) is 9.43. The lowest BCUT2D eigenvalue weighted by Crippen LogP contribution is -1.98. The number of aromatic nitrogens is 1. The van der Waals surface area contributed by atoms with Crippen LogP contribution in [0.3, 0.4) is 0 Å². The van der Waals surface area contributed by atoms with Crippen LogP contribution in [0.1, 0.15) is 12.0 Å². The Balaban J connectivity index is 1.91. The van der Waals surface area contributed by atoms with E-state index in [4.69, 9.17) is 4.74 Å². The molecule has 2 heterocycles. The first kappa shape index (κ1) is 11.7. The highest BCUT2D eigenvalue weighted by Gasteiger charge is 2.11. The highest BCUT2D eigenvalue weighted by atomic mass is 16.5. The van der Waals surface area contributed by atoms with Gasteiger partial charge in [-0.3, -0.25) is 4.99 Å². The molecule has 1 aromatic carbocycles. The van der Waals surface area contributed by atoms with E-state index in [1.807, 2.05) is 48.7 Å².